The van der Waals surface area contributed by atoms with Crippen molar-refractivity contribution in [2.24, 2.45) is 0 Å². The summed E-state index contributed by atoms with van der Waals surface area (Å²) in [5, 5.41) is 21.5. The monoisotopic (exact) mass is 359 g/mol. The number of hydrogen-bond acceptors (Lipinski definition) is 4. The number of carbonyl (C=O) groups excluding carboxylic acids is 1. The van der Waals surface area contributed by atoms with Gasteiger partial charge in [0.1, 0.15) is 0 Å². The number of ether oxygens (including phenoxy) is 1. The highest BCUT2D eigenvalue weighted by atomic mass is 19.1. The second-order valence-electron chi connectivity index (χ2n) is 5.99. The Morgan fingerprint density at radius 3 is 2.58 bits per heavy atom. The molecule has 5 nitrogen and oxygen atoms in total. The van der Waals surface area contributed by atoms with Crippen LogP contribution >= 0.6 is 0 Å². The molecule has 1 atom stereocenters. The van der Waals surface area contributed by atoms with Crippen molar-refractivity contribution in [1.82, 2.24) is 5.32 Å². The SMILES string of the molecule is CCc1ccc(F)c(OCCC(=O)NC(Cc2ccccc2)B(O)O)c1. The van der Waals surface area contributed by atoms with Crippen molar-refractivity contribution in [1.29, 1.82) is 0 Å². The van der Waals surface area contributed by atoms with Crippen LogP contribution in [-0.2, 0) is 17.6 Å². The van der Waals surface area contributed by atoms with Crippen molar-refractivity contribution in [2.45, 2.75) is 32.1 Å². The van der Waals surface area contributed by atoms with Gasteiger partial charge in [-0.15, -0.1) is 0 Å². The first-order chi connectivity index (χ1) is 12.5. The number of nitrogens with one attached hydrogen (secondary N) is 1. The molecule has 2 rings (SSSR count). The molecule has 0 spiro atoms. The highest BCUT2D eigenvalue weighted by Gasteiger charge is 2.25. The second kappa shape index (κ2) is 9.94. The summed E-state index contributed by atoms with van der Waals surface area (Å²) in [6.45, 7) is 1.95. The smallest absolute Gasteiger partial charge is 0.475 e. The van der Waals surface area contributed by atoms with Crippen LogP contribution in [0.1, 0.15) is 24.5 Å². The normalized spacial score (nSPS) is 11.7. The summed E-state index contributed by atoms with van der Waals surface area (Å²) in [6.07, 6.45) is 1.03. The van der Waals surface area contributed by atoms with Crippen LogP contribution < -0.4 is 10.1 Å². The molecule has 0 saturated heterocycles. The molecule has 2 aromatic rings. The topological polar surface area (TPSA) is 78.8 Å². The number of halogens is 1. The zero-order valence-corrected chi connectivity index (χ0v) is 14.7. The van der Waals surface area contributed by atoms with Crippen LogP contribution in [0.5, 0.6) is 5.75 Å². The summed E-state index contributed by atoms with van der Waals surface area (Å²) in [4.78, 5) is 12.0. The molecule has 138 valence electrons. The minimum atomic E-state index is -1.68. The van der Waals surface area contributed by atoms with Gasteiger partial charge in [-0.2, -0.15) is 0 Å². The summed E-state index contributed by atoms with van der Waals surface area (Å²) in [6, 6.07) is 13.9. The van der Waals surface area contributed by atoms with Crippen LogP contribution in [0.4, 0.5) is 4.39 Å². The van der Waals surface area contributed by atoms with Gasteiger partial charge in [-0.3, -0.25) is 4.79 Å². The zero-order valence-electron chi connectivity index (χ0n) is 14.7. The third-order valence-electron chi connectivity index (χ3n) is 4.00. The Balaban J connectivity index is 1.84. The first-order valence-electron chi connectivity index (χ1n) is 8.60. The first kappa shape index (κ1) is 19.9. The second-order valence-corrected chi connectivity index (χ2v) is 5.99. The van der Waals surface area contributed by atoms with E-state index in [2.05, 4.69) is 5.32 Å². The van der Waals surface area contributed by atoms with E-state index in [1.165, 1.54) is 6.07 Å². The maximum atomic E-state index is 13.7. The molecule has 0 heterocycles. The molecule has 1 unspecified atom stereocenters. The maximum absolute atomic E-state index is 13.7. The fraction of sp³-hybridized carbons (Fsp3) is 0.316. The van der Waals surface area contributed by atoms with Crippen LogP contribution in [0.3, 0.4) is 0 Å². The number of hydrogen-bond donors (Lipinski definition) is 3. The number of rotatable bonds is 9. The van der Waals surface area contributed by atoms with Crippen molar-refractivity contribution in [3.63, 3.8) is 0 Å². The summed E-state index contributed by atoms with van der Waals surface area (Å²) in [5.41, 5.74) is 1.82. The first-order valence-corrected chi connectivity index (χ1v) is 8.60. The van der Waals surface area contributed by atoms with Crippen molar-refractivity contribution in [3.05, 3.63) is 65.5 Å². The lowest BCUT2D eigenvalue weighted by Crippen LogP contribution is -2.48. The van der Waals surface area contributed by atoms with E-state index in [0.29, 0.717) is 0 Å². The van der Waals surface area contributed by atoms with E-state index in [-0.39, 0.29) is 25.2 Å². The molecule has 0 fully saturated rings. The van der Waals surface area contributed by atoms with Gasteiger partial charge in [0.25, 0.3) is 0 Å². The van der Waals surface area contributed by atoms with Gasteiger partial charge in [-0.05, 0) is 36.1 Å². The van der Waals surface area contributed by atoms with E-state index >= 15 is 0 Å². The molecule has 0 aromatic heterocycles. The van der Waals surface area contributed by atoms with E-state index < -0.39 is 24.8 Å². The van der Waals surface area contributed by atoms with Crippen LogP contribution in [0.15, 0.2) is 48.5 Å². The average molecular weight is 359 g/mol. The third kappa shape index (κ3) is 6.17. The van der Waals surface area contributed by atoms with Crippen LogP contribution in [0.2, 0.25) is 0 Å². The zero-order chi connectivity index (χ0) is 18.9. The standard InChI is InChI=1S/C19H23BFNO4/c1-2-14-8-9-16(21)17(12-14)26-11-10-19(23)22-18(20(24)25)13-15-6-4-3-5-7-15/h3-9,12,18,24-25H,2,10-11,13H2,1H3,(H,22,23). The Hall–Kier alpha value is -2.38. The predicted octanol–water partition coefficient (Wildman–Crippen LogP) is 1.90. The summed E-state index contributed by atoms with van der Waals surface area (Å²) >= 11 is 0. The molecule has 0 aliphatic carbocycles. The molecule has 0 bridgehead atoms. The van der Waals surface area contributed by atoms with Gasteiger partial charge >= 0.3 is 7.12 Å². The van der Waals surface area contributed by atoms with E-state index in [1.54, 1.807) is 12.1 Å². The largest absolute Gasteiger partial charge is 0.490 e. The van der Waals surface area contributed by atoms with Crippen molar-refractivity contribution < 1.29 is 24.0 Å². The molecule has 7 heteroatoms. The lowest BCUT2D eigenvalue weighted by molar-refractivity contribution is -0.122. The van der Waals surface area contributed by atoms with Crippen molar-refractivity contribution >= 4 is 13.0 Å². The highest BCUT2D eigenvalue weighted by Crippen LogP contribution is 2.19. The van der Waals surface area contributed by atoms with Crippen LogP contribution in [0.25, 0.3) is 0 Å². The lowest BCUT2D eigenvalue weighted by Gasteiger charge is -2.18. The summed E-state index contributed by atoms with van der Waals surface area (Å²) < 4.78 is 19.0. The van der Waals surface area contributed by atoms with E-state index in [0.717, 1.165) is 17.5 Å². The maximum Gasteiger partial charge on any atom is 0.475 e. The molecular formula is C19H23BFNO4. The Morgan fingerprint density at radius 2 is 1.92 bits per heavy atom. The number of aryl methyl sites for hydroxylation is 1. The quantitative estimate of drug-likeness (QED) is 0.598. The fourth-order valence-electron chi connectivity index (χ4n) is 2.51. The third-order valence-corrected chi connectivity index (χ3v) is 4.00. The van der Waals surface area contributed by atoms with Crippen molar-refractivity contribution in [2.75, 3.05) is 6.61 Å². The van der Waals surface area contributed by atoms with Gasteiger partial charge in [0, 0.05) is 0 Å². The Bertz CT molecular complexity index is 712. The summed E-state index contributed by atoms with van der Waals surface area (Å²) in [7, 11) is -1.68. The average Bonchev–Trinajstić information content (AvgIpc) is 2.63. The molecule has 2 aromatic carbocycles. The van der Waals surface area contributed by atoms with Gasteiger partial charge in [0.2, 0.25) is 5.91 Å². The minimum absolute atomic E-state index is 0.00446. The number of benzene rings is 2. The highest BCUT2D eigenvalue weighted by molar-refractivity contribution is 6.43. The molecular weight excluding hydrogens is 336 g/mol. The van der Waals surface area contributed by atoms with E-state index in [1.807, 2.05) is 37.3 Å². The van der Waals surface area contributed by atoms with Gasteiger partial charge in [0.05, 0.1) is 19.0 Å². The fourth-order valence-corrected chi connectivity index (χ4v) is 2.51. The van der Waals surface area contributed by atoms with Gasteiger partial charge in [-0.1, -0.05) is 43.3 Å². The van der Waals surface area contributed by atoms with Crippen molar-refractivity contribution in [3.8, 4) is 5.75 Å². The minimum Gasteiger partial charge on any atom is -0.490 e. The Labute approximate surface area is 153 Å². The Kier molecular flexibility index (Phi) is 7.62. The predicted molar refractivity (Wildman–Crippen MR) is 98.2 cm³/mol. The molecule has 0 aliphatic heterocycles. The lowest BCUT2D eigenvalue weighted by atomic mass is 9.76. The molecule has 1 amide bonds. The number of amides is 1. The molecule has 0 radical (unpaired) electrons. The number of carbonyl (C=O) groups is 1. The van der Waals surface area contributed by atoms with E-state index in [4.69, 9.17) is 4.74 Å². The Morgan fingerprint density at radius 1 is 1.19 bits per heavy atom. The molecule has 26 heavy (non-hydrogen) atoms. The van der Waals surface area contributed by atoms with Gasteiger partial charge < -0.3 is 20.1 Å². The van der Waals surface area contributed by atoms with Gasteiger partial charge in [-0.25, -0.2) is 4.39 Å². The molecule has 0 aliphatic rings. The summed E-state index contributed by atoms with van der Waals surface area (Å²) in [5.74, 6) is -1.59. The van der Waals surface area contributed by atoms with Crippen LogP contribution in [-0.4, -0.2) is 35.6 Å². The van der Waals surface area contributed by atoms with E-state index in [9.17, 15) is 19.2 Å². The van der Waals surface area contributed by atoms with Crippen LogP contribution in [0, 0.1) is 5.82 Å². The molecule has 3 N–H and O–H groups in total. The molecule has 0 saturated carbocycles. The van der Waals surface area contributed by atoms with Gasteiger partial charge in [0.15, 0.2) is 11.6 Å².